The van der Waals surface area contributed by atoms with Gasteiger partial charge in [-0.25, -0.2) is 10.4 Å². The summed E-state index contributed by atoms with van der Waals surface area (Å²) in [7, 11) is 0. The van der Waals surface area contributed by atoms with Crippen LogP contribution in [-0.2, 0) is 4.79 Å². The molecule has 0 atom stereocenters. The lowest BCUT2D eigenvalue weighted by Gasteiger charge is -2.13. The van der Waals surface area contributed by atoms with Crippen LogP contribution in [0.25, 0.3) is 11.3 Å². The van der Waals surface area contributed by atoms with Gasteiger partial charge in [-0.15, -0.1) is 11.3 Å². The van der Waals surface area contributed by atoms with E-state index in [1.165, 1.54) is 17.6 Å². The Hall–Kier alpha value is -3.93. The number of primary amides is 1. The van der Waals surface area contributed by atoms with Crippen molar-refractivity contribution in [3.05, 3.63) is 86.7 Å². The number of benzene rings is 3. The van der Waals surface area contributed by atoms with Crippen molar-refractivity contribution < 1.29 is 19.1 Å². The van der Waals surface area contributed by atoms with E-state index in [1.807, 2.05) is 48.7 Å². The number of nitrogens with zero attached hydrogens (tertiary/aromatic N) is 2. The zero-order valence-corrected chi connectivity index (χ0v) is 23.8. The molecule has 0 saturated heterocycles. The largest absolute Gasteiger partial charge is 0.490 e. The van der Waals surface area contributed by atoms with Crippen molar-refractivity contribution in [2.24, 2.45) is 10.8 Å². The molecule has 1 heterocycles. The smallest absolute Gasteiger partial charge is 0.271 e. The van der Waals surface area contributed by atoms with Gasteiger partial charge >= 0.3 is 0 Å². The summed E-state index contributed by atoms with van der Waals surface area (Å²) < 4.78 is 11.6. The van der Waals surface area contributed by atoms with Crippen molar-refractivity contribution in [2.45, 2.75) is 6.92 Å². The molecule has 0 saturated carbocycles. The molecule has 3 aromatic carbocycles. The van der Waals surface area contributed by atoms with E-state index < -0.39 is 5.91 Å². The lowest BCUT2D eigenvalue weighted by molar-refractivity contribution is -0.119. The number of ether oxygens (including phenoxy) is 2. The number of hydrogen-bond acceptors (Lipinski definition) is 8. The Balaban J connectivity index is 1.38. The number of carbonyl (C=O) groups is 2. The van der Waals surface area contributed by atoms with Gasteiger partial charge in [0.25, 0.3) is 11.8 Å². The average molecular weight is 629 g/mol. The molecule has 0 fully saturated rings. The highest BCUT2D eigenvalue weighted by Gasteiger charge is 2.13. The molecule has 0 bridgehead atoms. The molecule has 0 aliphatic rings. The number of aromatic nitrogens is 1. The highest BCUT2D eigenvalue weighted by molar-refractivity contribution is 9.10. The average Bonchev–Trinajstić information content (AvgIpc) is 3.38. The Morgan fingerprint density at radius 1 is 1.13 bits per heavy atom. The summed E-state index contributed by atoms with van der Waals surface area (Å²) in [6.45, 7) is 1.92. The van der Waals surface area contributed by atoms with Gasteiger partial charge in [0.1, 0.15) is 0 Å². The van der Waals surface area contributed by atoms with Crippen LogP contribution >= 0.6 is 38.9 Å². The van der Waals surface area contributed by atoms with Crippen molar-refractivity contribution in [1.82, 2.24) is 10.4 Å². The molecule has 0 radical (unpaired) electrons. The first-order valence-electron chi connectivity index (χ1n) is 11.6. The molecular formula is C27H23BrClN5O4S. The first kappa shape index (κ1) is 28.1. The van der Waals surface area contributed by atoms with Gasteiger partial charge in [0, 0.05) is 27.2 Å². The molecule has 39 heavy (non-hydrogen) atoms. The molecule has 0 aliphatic heterocycles. The summed E-state index contributed by atoms with van der Waals surface area (Å²) in [6, 6.07) is 17.9. The molecule has 1 aromatic heterocycles. The molecule has 4 rings (SSSR count). The van der Waals surface area contributed by atoms with Gasteiger partial charge < -0.3 is 20.5 Å². The fraction of sp³-hybridized carbons (Fsp3) is 0.111. The Morgan fingerprint density at radius 2 is 1.87 bits per heavy atom. The van der Waals surface area contributed by atoms with Gasteiger partial charge in [0.2, 0.25) is 0 Å². The second-order valence-corrected chi connectivity index (χ2v) is 10.1. The fourth-order valence-electron chi connectivity index (χ4n) is 3.35. The third-order valence-electron chi connectivity index (χ3n) is 5.11. The number of nitrogens with two attached hydrogens (primary N) is 1. The van der Waals surface area contributed by atoms with Crippen molar-refractivity contribution >= 4 is 67.7 Å². The molecule has 200 valence electrons. The molecule has 9 nitrogen and oxygen atoms in total. The fourth-order valence-corrected chi connectivity index (χ4v) is 4.79. The number of amides is 2. The highest BCUT2D eigenvalue weighted by Crippen LogP contribution is 2.36. The Morgan fingerprint density at radius 3 is 2.56 bits per heavy atom. The lowest BCUT2D eigenvalue weighted by atomic mass is 10.1. The second-order valence-electron chi connectivity index (χ2n) is 7.96. The van der Waals surface area contributed by atoms with Crippen LogP contribution < -0.4 is 25.9 Å². The molecule has 12 heteroatoms. The minimum atomic E-state index is -0.603. The zero-order valence-electron chi connectivity index (χ0n) is 20.6. The van der Waals surface area contributed by atoms with E-state index in [9.17, 15) is 9.59 Å². The van der Waals surface area contributed by atoms with Gasteiger partial charge in [0.15, 0.2) is 23.2 Å². The van der Waals surface area contributed by atoms with Gasteiger partial charge in [-0.05, 0) is 76.9 Å². The first-order valence-corrected chi connectivity index (χ1v) is 13.7. The number of hydrogen-bond donors (Lipinski definition) is 3. The van der Waals surface area contributed by atoms with E-state index in [2.05, 4.69) is 36.8 Å². The maximum atomic E-state index is 12.6. The normalized spacial score (nSPS) is 10.8. The minimum Gasteiger partial charge on any atom is -0.490 e. The van der Waals surface area contributed by atoms with Crippen LogP contribution in [0.2, 0.25) is 5.02 Å². The third-order valence-corrected chi connectivity index (χ3v) is 6.71. The molecule has 2 amide bonds. The van der Waals surface area contributed by atoms with Crippen molar-refractivity contribution in [3.63, 3.8) is 0 Å². The van der Waals surface area contributed by atoms with E-state index in [4.69, 9.17) is 26.8 Å². The third kappa shape index (κ3) is 7.79. The molecule has 0 unspecified atom stereocenters. The van der Waals surface area contributed by atoms with Crippen LogP contribution in [0, 0.1) is 0 Å². The van der Waals surface area contributed by atoms with Gasteiger partial charge in [-0.1, -0.05) is 23.7 Å². The van der Waals surface area contributed by atoms with Crippen LogP contribution in [0.4, 0.5) is 10.8 Å². The van der Waals surface area contributed by atoms with Crippen molar-refractivity contribution in [2.75, 3.05) is 18.5 Å². The summed E-state index contributed by atoms with van der Waals surface area (Å²) in [5, 5.41) is 10.7. The Kier molecular flexibility index (Phi) is 9.53. The number of anilines is 2. The number of nitrogens with one attached hydrogen (secondary N) is 2. The van der Waals surface area contributed by atoms with E-state index in [0.717, 1.165) is 22.1 Å². The van der Waals surface area contributed by atoms with Gasteiger partial charge in [-0.3, -0.25) is 9.59 Å². The molecule has 0 spiro atoms. The van der Waals surface area contributed by atoms with E-state index >= 15 is 0 Å². The predicted molar refractivity (Wildman–Crippen MR) is 157 cm³/mol. The van der Waals surface area contributed by atoms with E-state index in [1.54, 1.807) is 24.3 Å². The van der Waals surface area contributed by atoms with Gasteiger partial charge in [-0.2, -0.15) is 5.10 Å². The molecule has 4 N–H and O–H groups in total. The van der Waals surface area contributed by atoms with E-state index in [0.29, 0.717) is 38.7 Å². The summed E-state index contributed by atoms with van der Waals surface area (Å²) in [5.41, 5.74) is 11.3. The predicted octanol–water partition coefficient (Wildman–Crippen LogP) is 6.00. The quantitative estimate of drug-likeness (QED) is 0.138. The monoisotopic (exact) mass is 627 g/mol. The van der Waals surface area contributed by atoms with Crippen LogP contribution in [0.1, 0.15) is 22.8 Å². The number of thiazole rings is 1. The topological polar surface area (TPSA) is 128 Å². The van der Waals surface area contributed by atoms with Gasteiger partial charge in [0.05, 0.1) is 23.0 Å². The number of halogens is 2. The van der Waals surface area contributed by atoms with Crippen LogP contribution in [0.15, 0.2) is 75.6 Å². The maximum Gasteiger partial charge on any atom is 0.271 e. The summed E-state index contributed by atoms with van der Waals surface area (Å²) in [4.78, 5) is 28.3. The summed E-state index contributed by atoms with van der Waals surface area (Å²) >= 11 is 10.8. The van der Waals surface area contributed by atoms with E-state index in [-0.39, 0.29) is 12.5 Å². The van der Waals surface area contributed by atoms with Crippen molar-refractivity contribution in [1.29, 1.82) is 0 Å². The second kappa shape index (κ2) is 13.2. The number of rotatable bonds is 11. The molecular weight excluding hydrogens is 606 g/mol. The first-order chi connectivity index (χ1) is 18.8. The Labute approximate surface area is 242 Å². The minimum absolute atomic E-state index is 0.287. The maximum absolute atomic E-state index is 12.6. The van der Waals surface area contributed by atoms with Crippen LogP contribution in [0.5, 0.6) is 11.5 Å². The number of carbonyl (C=O) groups excluding carboxylic acids is 2. The standard InChI is InChI=1S/C27H23BrClN5O4S/c1-2-37-23-12-16(11-21(28)25(23)38-14-24(30)35)13-31-34-26(36)18-5-3-17(4-6-18)22-15-39-27(33-22)32-20-9-7-19(29)8-10-20/h3-13,15H,2,14H2,1H3,(H2,30,35)(H,32,33)(H,34,36)/b31-13-. The van der Waals surface area contributed by atoms with Crippen LogP contribution in [-0.4, -0.2) is 36.2 Å². The lowest BCUT2D eigenvalue weighted by Crippen LogP contribution is -2.20. The Bertz CT molecular complexity index is 1490. The molecule has 4 aromatic rings. The summed E-state index contributed by atoms with van der Waals surface area (Å²) in [5.74, 6) is -0.213. The van der Waals surface area contributed by atoms with Crippen LogP contribution in [0.3, 0.4) is 0 Å². The summed E-state index contributed by atoms with van der Waals surface area (Å²) in [6.07, 6.45) is 1.47. The highest BCUT2D eigenvalue weighted by atomic mass is 79.9. The number of hydrazone groups is 1. The zero-order chi connectivity index (χ0) is 27.8. The van der Waals surface area contributed by atoms with Crippen molar-refractivity contribution in [3.8, 4) is 22.8 Å². The SMILES string of the molecule is CCOc1cc(/C=N\NC(=O)c2ccc(-c3csc(Nc4ccc(Cl)cc4)n3)cc2)cc(Br)c1OCC(N)=O. The molecule has 0 aliphatic carbocycles.